The van der Waals surface area contributed by atoms with E-state index in [0.717, 1.165) is 11.4 Å². The Balaban J connectivity index is 1.51. The summed E-state index contributed by atoms with van der Waals surface area (Å²) in [7, 11) is 1.60. The van der Waals surface area contributed by atoms with Crippen molar-refractivity contribution in [1.82, 2.24) is 5.32 Å². The van der Waals surface area contributed by atoms with Crippen molar-refractivity contribution in [3.63, 3.8) is 0 Å². The maximum atomic E-state index is 12.0. The fourth-order valence-electron chi connectivity index (χ4n) is 2.37. The smallest absolute Gasteiger partial charge is 0.313 e. The number of anilines is 1. The first-order valence-corrected chi connectivity index (χ1v) is 9.51. The molecule has 0 radical (unpaired) electrons. The van der Waals surface area contributed by atoms with Crippen LogP contribution in [0.4, 0.5) is 11.4 Å². The maximum Gasteiger partial charge on any atom is 0.313 e. The van der Waals surface area contributed by atoms with Crippen LogP contribution in [0.1, 0.15) is 11.5 Å². The molecule has 0 saturated heterocycles. The van der Waals surface area contributed by atoms with Gasteiger partial charge in [-0.25, -0.2) is 0 Å². The van der Waals surface area contributed by atoms with Crippen LogP contribution in [0.5, 0.6) is 5.75 Å². The molecule has 30 heavy (non-hydrogen) atoms. The predicted octanol–water partition coefficient (Wildman–Crippen LogP) is 4.60. The zero-order valence-corrected chi connectivity index (χ0v) is 17.3. The van der Waals surface area contributed by atoms with Crippen molar-refractivity contribution in [3.8, 4) is 5.75 Å². The first-order valence-electron chi connectivity index (χ1n) is 8.75. The molecule has 7 nitrogen and oxygen atoms in total. The summed E-state index contributed by atoms with van der Waals surface area (Å²) in [4.78, 5) is 28.3. The SMILES string of the molecule is COc1ccc(N=Cc2ccc(CNC(=O)C(=O)Nc3ccc(Cl)c(Cl)c3)o2)cc1. The second-order valence-corrected chi connectivity index (χ2v) is 6.84. The van der Waals surface area contributed by atoms with Gasteiger partial charge in [0.05, 0.1) is 35.6 Å². The minimum atomic E-state index is -0.832. The van der Waals surface area contributed by atoms with Crippen molar-refractivity contribution < 1.29 is 18.7 Å². The van der Waals surface area contributed by atoms with Crippen LogP contribution in [0.2, 0.25) is 10.0 Å². The van der Waals surface area contributed by atoms with Crippen molar-refractivity contribution >= 4 is 52.6 Å². The fourth-order valence-corrected chi connectivity index (χ4v) is 2.67. The average molecular weight is 446 g/mol. The van der Waals surface area contributed by atoms with E-state index in [2.05, 4.69) is 15.6 Å². The molecular formula is C21H17Cl2N3O4. The zero-order chi connectivity index (χ0) is 21.5. The first-order chi connectivity index (χ1) is 14.4. The second kappa shape index (κ2) is 9.96. The van der Waals surface area contributed by atoms with Gasteiger partial charge in [0, 0.05) is 5.69 Å². The summed E-state index contributed by atoms with van der Waals surface area (Å²) < 4.78 is 10.7. The third-order valence-corrected chi connectivity index (χ3v) is 4.64. The standard InChI is InChI=1S/C21H17Cl2N3O4/c1-29-15-5-2-13(3-6-15)24-11-16-7-8-17(30-16)12-25-20(27)21(28)26-14-4-9-18(22)19(23)10-14/h2-11H,12H2,1H3,(H,25,27)(H,26,28). The Kier molecular flexibility index (Phi) is 7.11. The van der Waals surface area contributed by atoms with Gasteiger partial charge in [0.25, 0.3) is 0 Å². The lowest BCUT2D eigenvalue weighted by atomic mass is 10.3. The van der Waals surface area contributed by atoms with Gasteiger partial charge >= 0.3 is 11.8 Å². The molecule has 2 N–H and O–H groups in total. The molecule has 2 aromatic carbocycles. The highest BCUT2D eigenvalue weighted by Crippen LogP contribution is 2.25. The fraction of sp³-hybridized carbons (Fsp3) is 0.0952. The summed E-state index contributed by atoms with van der Waals surface area (Å²) in [6.07, 6.45) is 1.56. The van der Waals surface area contributed by atoms with E-state index in [9.17, 15) is 9.59 Å². The van der Waals surface area contributed by atoms with Crippen molar-refractivity contribution in [3.05, 3.63) is 76.2 Å². The summed E-state index contributed by atoms with van der Waals surface area (Å²) in [5, 5.41) is 5.55. The Morgan fingerprint density at radius 3 is 2.50 bits per heavy atom. The van der Waals surface area contributed by atoms with Gasteiger partial charge in [-0.2, -0.15) is 0 Å². The van der Waals surface area contributed by atoms with Gasteiger partial charge in [-0.3, -0.25) is 14.6 Å². The Morgan fingerprint density at radius 2 is 1.80 bits per heavy atom. The molecule has 0 atom stereocenters. The summed E-state index contributed by atoms with van der Waals surface area (Å²) in [5.41, 5.74) is 1.10. The lowest BCUT2D eigenvalue weighted by molar-refractivity contribution is -0.136. The number of halogens is 2. The largest absolute Gasteiger partial charge is 0.497 e. The number of hydrogen-bond donors (Lipinski definition) is 2. The van der Waals surface area contributed by atoms with Crippen LogP contribution < -0.4 is 15.4 Å². The first kappa shape index (κ1) is 21.4. The van der Waals surface area contributed by atoms with E-state index in [0.29, 0.717) is 22.2 Å². The van der Waals surface area contributed by atoms with Gasteiger partial charge in [0.2, 0.25) is 0 Å². The molecule has 0 fully saturated rings. The molecule has 0 aliphatic rings. The summed E-state index contributed by atoms with van der Waals surface area (Å²) in [6.45, 7) is 0.0456. The number of methoxy groups -OCH3 is 1. The molecule has 9 heteroatoms. The highest BCUT2D eigenvalue weighted by atomic mass is 35.5. The molecule has 1 aromatic heterocycles. The number of rotatable bonds is 6. The van der Waals surface area contributed by atoms with Gasteiger partial charge in [0.15, 0.2) is 0 Å². The van der Waals surface area contributed by atoms with Crippen LogP contribution >= 0.6 is 23.2 Å². The van der Waals surface area contributed by atoms with Gasteiger partial charge in [-0.15, -0.1) is 0 Å². The number of hydrogen-bond acceptors (Lipinski definition) is 5. The molecule has 0 saturated carbocycles. The number of nitrogens with one attached hydrogen (secondary N) is 2. The van der Waals surface area contributed by atoms with Gasteiger partial charge < -0.3 is 19.8 Å². The molecule has 0 bridgehead atoms. The van der Waals surface area contributed by atoms with Crippen LogP contribution in [0, 0.1) is 0 Å². The van der Waals surface area contributed by atoms with E-state index in [1.807, 2.05) is 12.1 Å². The van der Waals surface area contributed by atoms with Gasteiger partial charge in [0.1, 0.15) is 17.3 Å². The predicted molar refractivity (Wildman–Crippen MR) is 116 cm³/mol. The van der Waals surface area contributed by atoms with Crippen molar-refractivity contribution in [2.45, 2.75) is 6.54 Å². The highest BCUT2D eigenvalue weighted by molar-refractivity contribution is 6.42. The van der Waals surface area contributed by atoms with E-state index < -0.39 is 11.8 Å². The van der Waals surface area contributed by atoms with Crippen molar-refractivity contribution in [1.29, 1.82) is 0 Å². The summed E-state index contributed by atoms with van der Waals surface area (Å²) in [6, 6.07) is 15.2. The Morgan fingerprint density at radius 1 is 1.03 bits per heavy atom. The number of amides is 2. The molecule has 0 spiro atoms. The van der Waals surface area contributed by atoms with E-state index in [4.69, 9.17) is 32.4 Å². The number of ether oxygens (including phenoxy) is 1. The zero-order valence-electron chi connectivity index (χ0n) is 15.8. The van der Waals surface area contributed by atoms with Crippen LogP contribution in [0.15, 0.2) is 64.0 Å². The Labute approximate surface area is 182 Å². The number of carbonyl (C=O) groups excluding carboxylic acids is 2. The topological polar surface area (TPSA) is 92.9 Å². The number of furan rings is 1. The molecule has 1 heterocycles. The maximum absolute atomic E-state index is 12.0. The van der Waals surface area contributed by atoms with Crippen LogP contribution in [0.25, 0.3) is 0 Å². The lowest BCUT2D eigenvalue weighted by Gasteiger charge is -2.06. The molecular weight excluding hydrogens is 429 g/mol. The number of aliphatic imine (C=N–C) groups is 1. The van der Waals surface area contributed by atoms with Crippen molar-refractivity contribution in [2.75, 3.05) is 12.4 Å². The molecule has 0 aliphatic carbocycles. The quantitative estimate of drug-likeness (QED) is 0.428. The number of nitrogens with zero attached hydrogens (tertiary/aromatic N) is 1. The molecule has 3 rings (SSSR count). The molecule has 3 aromatic rings. The normalized spacial score (nSPS) is 10.8. The third-order valence-electron chi connectivity index (χ3n) is 3.90. The Bertz CT molecular complexity index is 1080. The minimum absolute atomic E-state index is 0.0456. The minimum Gasteiger partial charge on any atom is -0.497 e. The van der Waals surface area contributed by atoms with Crippen LogP contribution in [0.3, 0.4) is 0 Å². The molecule has 0 aliphatic heterocycles. The van der Waals surface area contributed by atoms with E-state index in [1.165, 1.54) is 12.1 Å². The second-order valence-electron chi connectivity index (χ2n) is 6.03. The lowest BCUT2D eigenvalue weighted by Crippen LogP contribution is -2.34. The van der Waals surface area contributed by atoms with E-state index >= 15 is 0 Å². The average Bonchev–Trinajstić information content (AvgIpc) is 3.21. The summed E-state index contributed by atoms with van der Waals surface area (Å²) >= 11 is 11.7. The van der Waals surface area contributed by atoms with E-state index in [-0.39, 0.29) is 11.6 Å². The molecule has 154 valence electrons. The number of carbonyl (C=O) groups is 2. The van der Waals surface area contributed by atoms with Crippen LogP contribution in [-0.4, -0.2) is 25.1 Å². The monoisotopic (exact) mass is 445 g/mol. The van der Waals surface area contributed by atoms with Crippen molar-refractivity contribution in [2.24, 2.45) is 4.99 Å². The molecule has 0 unspecified atom stereocenters. The van der Waals surface area contributed by atoms with Crippen LogP contribution in [-0.2, 0) is 16.1 Å². The highest BCUT2D eigenvalue weighted by Gasteiger charge is 2.14. The van der Waals surface area contributed by atoms with Gasteiger partial charge in [-0.1, -0.05) is 23.2 Å². The van der Waals surface area contributed by atoms with Gasteiger partial charge in [-0.05, 0) is 54.6 Å². The number of benzene rings is 2. The Hall–Kier alpha value is -3.29. The molecule has 2 amide bonds. The summed E-state index contributed by atoms with van der Waals surface area (Å²) in [5.74, 6) is 0.0810. The van der Waals surface area contributed by atoms with E-state index in [1.54, 1.807) is 43.7 Å². The third kappa shape index (κ3) is 5.85.